The van der Waals surface area contributed by atoms with Crippen LogP contribution in [0, 0.1) is 5.82 Å². The van der Waals surface area contributed by atoms with E-state index in [0.29, 0.717) is 5.95 Å². The van der Waals surface area contributed by atoms with Gasteiger partial charge in [0.15, 0.2) is 5.82 Å². The number of hydrogen-bond donors (Lipinski definition) is 2. The van der Waals surface area contributed by atoms with Crippen molar-refractivity contribution in [3.8, 4) is 0 Å². The van der Waals surface area contributed by atoms with Gasteiger partial charge in [-0.25, -0.2) is 27.5 Å². The molecule has 8 heteroatoms. The van der Waals surface area contributed by atoms with Crippen LogP contribution in [0.2, 0.25) is 0 Å². The van der Waals surface area contributed by atoms with E-state index >= 15 is 0 Å². The van der Waals surface area contributed by atoms with Crippen LogP contribution in [0.5, 0.6) is 0 Å². The highest BCUT2D eigenvalue weighted by molar-refractivity contribution is 7.88. The van der Waals surface area contributed by atoms with Crippen LogP contribution in [0.25, 0.3) is 0 Å². The van der Waals surface area contributed by atoms with Gasteiger partial charge in [0.2, 0.25) is 16.0 Å². The summed E-state index contributed by atoms with van der Waals surface area (Å²) < 4.78 is 38.0. The van der Waals surface area contributed by atoms with Gasteiger partial charge in [-0.2, -0.15) is 0 Å². The minimum Gasteiger partial charge on any atom is -0.350 e. The number of rotatable bonds is 4. The van der Waals surface area contributed by atoms with E-state index in [1.54, 1.807) is 0 Å². The summed E-state index contributed by atoms with van der Waals surface area (Å²) in [4.78, 5) is 7.66. The maximum Gasteiger partial charge on any atom is 0.223 e. The highest BCUT2D eigenvalue weighted by atomic mass is 32.2. The minimum atomic E-state index is -3.25. The van der Waals surface area contributed by atoms with Gasteiger partial charge in [0, 0.05) is 12.1 Å². The van der Waals surface area contributed by atoms with E-state index < -0.39 is 15.8 Å². The van der Waals surface area contributed by atoms with E-state index in [2.05, 4.69) is 20.0 Å². The highest BCUT2D eigenvalue weighted by Gasteiger charge is 2.27. The molecule has 2 atom stereocenters. The molecule has 1 heterocycles. The molecule has 2 rings (SSSR count). The number of aromatic nitrogens is 2. The van der Waals surface area contributed by atoms with Crippen LogP contribution in [-0.4, -0.2) is 36.7 Å². The third-order valence-corrected chi connectivity index (χ3v) is 3.80. The van der Waals surface area contributed by atoms with Crippen molar-refractivity contribution in [1.29, 1.82) is 0 Å². The van der Waals surface area contributed by atoms with Gasteiger partial charge < -0.3 is 5.32 Å². The third kappa shape index (κ3) is 4.39. The van der Waals surface area contributed by atoms with Crippen molar-refractivity contribution in [2.24, 2.45) is 0 Å². The zero-order valence-corrected chi connectivity index (χ0v) is 11.5. The molecule has 0 spiro atoms. The van der Waals surface area contributed by atoms with Crippen molar-refractivity contribution in [3.05, 3.63) is 18.2 Å². The number of halogens is 1. The predicted molar refractivity (Wildman–Crippen MR) is 69.6 cm³/mol. The first-order valence-corrected chi connectivity index (χ1v) is 8.04. The maximum absolute atomic E-state index is 12.7. The smallest absolute Gasteiger partial charge is 0.223 e. The lowest BCUT2D eigenvalue weighted by molar-refractivity contribution is 0.378. The van der Waals surface area contributed by atoms with Gasteiger partial charge in [0.05, 0.1) is 18.6 Å². The standard InChI is InChI=1S/C11H17FN4O2S/c1-19(17,18)16-10-5-3-2-4-9(10)15-11-13-6-8(12)7-14-11/h6-7,9-10,16H,2-5H2,1H3,(H,13,14,15). The molecule has 106 valence electrons. The summed E-state index contributed by atoms with van der Waals surface area (Å²) in [5, 5.41) is 3.06. The molecular formula is C11H17FN4O2S. The number of nitrogens with one attached hydrogen (secondary N) is 2. The van der Waals surface area contributed by atoms with E-state index in [0.717, 1.165) is 44.3 Å². The van der Waals surface area contributed by atoms with Gasteiger partial charge in [-0.15, -0.1) is 0 Å². The quantitative estimate of drug-likeness (QED) is 0.859. The SMILES string of the molecule is CS(=O)(=O)NC1CCCCC1Nc1ncc(F)cn1. The molecule has 2 unspecified atom stereocenters. The second-order valence-corrected chi connectivity index (χ2v) is 6.54. The van der Waals surface area contributed by atoms with Crippen molar-refractivity contribution in [2.45, 2.75) is 37.8 Å². The van der Waals surface area contributed by atoms with Crippen LogP contribution in [0.3, 0.4) is 0 Å². The first-order chi connectivity index (χ1) is 8.94. The number of anilines is 1. The van der Waals surface area contributed by atoms with Crippen molar-refractivity contribution in [1.82, 2.24) is 14.7 Å². The summed E-state index contributed by atoms with van der Waals surface area (Å²) in [6.45, 7) is 0. The van der Waals surface area contributed by atoms with Crippen molar-refractivity contribution in [3.63, 3.8) is 0 Å². The lowest BCUT2D eigenvalue weighted by atomic mass is 9.91. The molecule has 0 saturated heterocycles. The van der Waals surface area contributed by atoms with Gasteiger partial charge in [0.25, 0.3) is 0 Å². The van der Waals surface area contributed by atoms with Crippen LogP contribution < -0.4 is 10.0 Å². The van der Waals surface area contributed by atoms with Gasteiger partial charge in [-0.3, -0.25) is 0 Å². The van der Waals surface area contributed by atoms with E-state index in [-0.39, 0.29) is 12.1 Å². The molecule has 1 aromatic heterocycles. The van der Waals surface area contributed by atoms with E-state index in [1.165, 1.54) is 0 Å². The number of hydrogen-bond acceptors (Lipinski definition) is 5. The molecule has 19 heavy (non-hydrogen) atoms. The molecule has 6 nitrogen and oxygen atoms in total. The Morgan fingerprint density at radius 3 is 2.37 bits per heavy atom. The molecule has 0 amide bonds. The fourth-order valence-corrected chi connectivity index (χ4v) is 3.10. The van der Waals surface area contributed by atoms with E-state index in [1.807, 2.05) is 0 Å². The summed E-state index contributed by atoms with van der Waals surface area (Å²) in [7, 11) is -3.25. The normalized spacial score (nSPS) is 24.1. The summed E-state index contributed by atoms with van der Waals surface area (Å²) >= 11 is 0. The summed E-state index contributed by atoms with van der Waals surface area (Å²) in [6, 6.07) is -0.258. The van der Waals surface area contributed by atoms with Gasteiger partial charge >= 0.3 is 0 Å². The predicted octanol–water partition coefficient (Wildman–Crippen LogP) is 0.888. The first-order valence-electron chi connectivity index (χ1n) is 6.15. The Labute approximate surface area is 111 Å². The Morgan fingerprint density at radius 1 is 1.21 bits per heavy atom. The lowest BCUT2D eigenvalue weighted by Gasteiger charge is -2.32. The van der Waals surface area contributed by atoms with Crippen LogP contribution in [0.15, 0.2) is 12.4 Å². The first kappa shape index (κ1) is 14.1. The Kier molecular flexibility index (Phi) is 4.31. The second-order valence-electron chi connectivity index (χ2n) is 4.76. The molecular weight excluding hydrogens is 271 g/mol. The Bertz CT molecular complexity index is 520. The molecule has 1 aromatic rings. The second kappa shape index (κ2) is 5.79. The topological polar surface area (TPSA) is 84.0 Å². The Morgan fingerprint density at radius 2 is 1.79 bits per heavy atom. The fourth-order valence-electron chi connectivity index (χ4n) is 2.27. The number of sulfonamides is 1. The van der Waals surface area contributed by atoms with Gasteiger partial charge in [-0.1, -0.05) is 12.8 Å². The lowest BCUT2D eigenvalue weighted by Crippen LogP contribution is -2.48. The third-order valence-electron chi connectivity index (χ3n) is 3.07. The zero-order chi connectivity index (χ0) is 13.9. The molecule has 0 aromatic carbocycles. The molecule has 1 aliphatic carbocycles. The molecule has 2 N–H and O–H groups in total. The molecule has 1 fully saturated rings. The van der Waals surface area contributed by atoms with E-state index in [9.17, 15) is 12.8 Å². The van der Waals surface area contributed by atoms with Gasteiger partial charge in [-0.05, 0) is 12.8 Å². The molecule has 0 bridgehead atoms. The maximum atomic E-state index is 12.7. The number of nitrogens with zero attached hydrogens (tertiary/aromatic N) is 2. The van der Waals surface area contributed by atoms with Crippen molar-refractivity contribution >= 4 is 16.0 Å². The Hall–Kier alpha value is -1.28. The molecule has 1 aliphatic rings. The van der Waals surface area contributed by atoms with Crippen molar-refractivity contribution in [2.75, 3.05) is 11.6 Å². The van der Waals surface area contributed by atoms with Crippen LogP contribution >= 0.6 is 0 Å². The summed E-state index contributed by atoms with van der Waals surface area (Å²) in [6.07, 6.45) is 6.90. The average Bonchev–Trinajstić information content (AvgIpc) is 2.33. The molecule has 1 saturated carbocycles. The Balaban J connectivity index is 2.05. The van der Waals surface area contributed by atoms with Gasteiger partial charge in [0.1, 0.15) is 0 Å². The zero-order valence-electron chi connectivity index (χ0n) is 10.6. The molecule has 0 radical (unpaired) electrons. The molecule has 0 aliphatic heterocycles. The van der Waals surface area contributed by atoms with Crippen LogP contribution in [-0.2, 0) is 10.0 Å². The summed E-state index contributed by atoms with van der Waals surface area (Å²) in [5.74, 6) is -0.186. The van der Waals surface area contributed by atoms with E-state index in [4.69, 9.17) is 0 Å². The fraction of sp³-hybridized carbons (Fsp3) is 0.636. The monoisotopic (exact) mass is 288 g/mol. The average molecular weight is 288 g/mol. The van der Waals surface area contributed by atoms with Crippen LogP contribution in [0.1, 0.15) is 25.7 Å². The van der Waals surface area contributed by atoms with Crippen LogP contribution in [0.4, 0.5) is 10.3 Å². The van der Waals surface area contributed by atoms with Crippen molar-refractivity contribution < 1.29 is 12.8 Å². The largest absolute Gasteiger partial charge is 0.350 e. The highest BCUT2D eigenvalue weighted by Crippen LogP contribution is 2.21. The minimum absolute atomic E-state index is 0.0751. The summed E-state index contributed by atoms with van der Waals surface area (Å²) in [5.41, 5.74) is 0.